The molecule has 0 atom stereocenters. The minimum atomic E-state index is 0.334. The van der Waals surface area contributed by atoms with Crippen LogP contribution in [0.15, 0.2) is 24.3 Å². The molecule has 0 saturated heterocycles. The molecule has 2 rings (SSSR count). The molecule has 0 aliphatic rings. The Morgan fingerprint density at radius 2 is 2.18 bits per heavy atom. The van der Waals surface area contributed by atoms with Crippen LogP contribution < -0.4 is 4.74 Å². The van der Waals surface area contributed by atoms with Crippen molar-refractivity contribution in [3.63, 3.8) is 0 Å². The highest BCUT2D eigenvalue weighted by Gasteiger charge is 2.11. The summed E-state index contributed by atoms with van der Waals surface area (Å²) in [6, 6.07) is 8.00. The first-order chi connectivity index (χ1) is 10.7. The molecule has 0 unspecified atom stereocenters. The summed E-state index contributed by atoms with van der Waals surface area (Å²) in [5.74, 6) is 0.893. The van der Waals surface area contributed by atoms with E-state index in [0.29, 0.717) is 31.7 Å². The number of hydrogen-bond acceptors (Lipinski definition) is 5. The van der Waals surface area contributed by atoms with E-state index in [1.807, 2.05) is 31.2 Å². The van der Waals surface area contributed by atoms with Gasteiger partial charge in [-0.25, -0.2) is 4.68 Å². The quantitative estimate of drug-likeness (QED) is 0.525. The zero-order chi connectivity index (χ0) is 15.8. The number of aryl methyl sites for hydroxylation is 2. The first-order valence-corrected chi connectivity index (χ1v) is 7.30. The molecule has 6 nitrogen and oxygen atoms in total. The third kappa shape index (κ3) is 4.39. The fourth-order valence-corrected chi connectivity index (χ4v) is 2.16. The third-order valence-corrected chi connectivity index (χ3v) is 3.28. The second-order valence-corrected chi connectivity index (χ2v) is 5.07. The van der Waals surface area contributed by atoms with Crippen LogP contribution in [0.3, 0.4) is 0 Å². The number of aromatic nitrogens is 3. The summed E-state index contributed by atoms with van der Waals surface area (Å²) in [6.45, 7) is 3.72. The number of aldehydes is 1. The molecular weight excluding hydrogens is 282 g/mol. The minimum Gasteiger partial charge on any atom is -0.494 e. The largest absolute Gasteiger partial charge is 0.494 e. The topological polar surface area (TPSA) is 66.2 Å². The van der Waals surface area contributed by atoms with E-state index in [9.17, 15) is 4.79 Å². The summed E-state index contributed by atoms with van der Waals surface area (Å²) in [6.07, 6.45) is 2.50. The van der Waals surface area contributed by atoms with Crippen LogP contribution in [0.1, 0.15) is 34.6 Å². The average Bonchev–Trinajstić information content (AvgIpc) is 2.90. The number of carbonyl (C=O) groups is 1. The van der Waals surface area contributed by atoms with Crippen LogP contribution >= 0.6 is 0 Å². The summed E-state index contributed by atoms with van der Waals surface area (Å²) in [4.78, 5) is 10.9. The number of carbonyl (C=O) groups excluding carboxylic acids is 1. The number of hydrogen-bond donors (Lipinski definition) is 0. The van der Waals surface area contributed by atoms with Crippen LogP contribution in [0.25, 0.3) is 0 Å². The number of ether oxygens (including phenoxy) is 2. The van der Waals surface area contributed by atoms with Gasteiger partial charge in [0.15, 0.2) is 12.0 Å². The monoisotopic (exact) mass is 303 g/mol. The van der Waals surface area contributed by atoms with E-state index < -0.39 is 0 Å². The summed E-state index contributed by atoms with van der Waals surface area (Å²) < 4.78 is 12.5. The number of benzene rings is 1. The van der Waals surface area contributed by atoms with Crippen molar-refractivity contribution in [3.8, 4) is 5.75 Å². The van der Waals surface area contributed by atoms with Crippen molar-refractivity contribution in [1.82, 2.24) is 15.0 Å². The van der Waals surface area contributed by atoms with Gasteiger partial charge in [0.1, 0.15) is 5.75 Å². The number of rotatable bonds is 9. The van der Waals surface area contributed by atoms with Gasteiger partial charge in [0.05, 0.1) is 18.9 Å². The molecule has 1 aromatic heterocycles. The molecule has 0 aliphatic heterocycles. The maximum absolute atomic E-state index is 10.9. The van der Waals surface area contributed by atoms with Gasteiger partial charge in [-0.05, 0) is 37.5 Å². The summed E-state index contributed by atoms with van der Waals surface area (Å²) in [5, 5.41) is 7.83. The highest BCUT2D eigenvalue weighted by atomic mass is 16.5. The lowest BCUT2D eigenvalue weighted by molar-refractivity contribution is 0.111. The molecule has 0 N–H and O–H groups in total. The molecule has 0 fully saturated rings. The number of unbranched alkanes of at least 4 members (excludes halogenated alkanes) is 1. The van der Waals surface area contributed by atoms with Gasteiger partial charge in [-0.1, -0.05) is 17.3 Å². The van der Waals surface area contributed by atoms with E-state index in [0.717, 1.165) is 24.3 Å². The fraction of sp³-hybridized carbons (Fsp3) is 0.438. The van der Waals surface area contributed by atoms with Crippen LogP contribution in [0.4, 0.5) is 0 Å². The van der Waals surface area contributed by atoms with Gasteiger partial charge in [0.2, 0.25) is 0 Å². The maximum Gasteiger partial charge on any atom is 0.172 e. The van der Waals surface area contributed by atoms with Gasteiger partial charge in [0, 0.05) is 13.7 Å². The van der Waals surface area contributed by atoms with Crippen molar-refractivity contribution in [2.75, 3.05) is 13.7 Å². The molecule has 0 bridgehead atoms. The Hall–Kier alpha value is -2.21. The number of methoxy groups -OCH3 is 1. The first kappa shape index (κ1) is 16.2. The van der Waals surface area contributed by atoms with Crippen molar-refractivity contribution in [2.24, 2.45) is 0 Å². The average molecular weight is 303 g/mol. The molecule has 0 saturated carbocycles. The van der Waals surface area contributed by atoms with E-state index in [4.69, 9.17) is 9.47 Å². The molecule has 118 valence electrons. The van der Waals surface area contributed by atoms with Crippen LogP contribution in [0.5, 0.6) is 5.75 Å². The molecule has 0 aliphatic carbocycles. The predicted octanol–water partition coefficient (Wildman–Crippen LogP) is 2.40. The Morgan fingerprint density at radius 1 is 1.32 bits per heavy atom. The molecular formula is C16H21N3O3. The fourth-order valence-electron chi connectivity index (χ4n) is 2.16. The van der Waals surface area contributed by atoms with Gasteiger partial charge < -0.3 is 9.47 Å². The lowest BCUT2D eigenvalue weighted by Gasteiger charge is -2.08. The third-order valence-electron chi connectivity index (χ3n) is 3.28. The second-order valence-electron chi connectivity index (χ2n) is 5.07. The van der Waals surface area contributed by atoms with Gasteiger partial charge in [-0.3, -0.25) is 4.79 Å². The normalized spacial score (nSPS) is 10.6. The Labute approximate surface area is 130 Å². The van der Waals surface area contributed by atoms with Gasteiger partial charge in [0.25, 0.3) is 0 Å². The maximum atomic E-state index is 10.9. The summed E-state index contributed by atoms with van der Waals surface area (Å²) in [5.41, 5.74) is 2.25. The summed E-state index contributed by atoms with van der Waals surface area (Å²) >= 11 is 0. The SMILES string of the molecule is COCc1c(C=O)nnn1CCCCOc1cccc(C)c1. The molecule has 1 aromatic carbocycles. The lowest BCUT2D eigenvalue weighted by atomic mass is 10.2. The van der Waals surface area contributed by atoms with Crippen molar-refractivity contribution in [3.05, 3.63) is 41.2 Å². The molecule has 22 heavy (non-hydrogen) atoms. The smallest absolute Gasteiger partial charge is 0.172 e. The Morgan fingerprint density at radius 3 is 2.91 bits per heavy atom. The minimum absolute atomic E-state index is 0.334. The van der Waals surface area contributed by atoms with E-state index in [1.54, 1.807) is 11.8 Å². The van der Waals surface area contributed by atoms with Gasteiger partial charge >= 0.3 is 0 Å². The predicted molar refractivity (Wildman–Crippen MR) is 82.0 cm³/mol. The van der Waals surface area contributed by atoms with Crippen molar-refractivity contribution < 1.29 is 14.3 Å². The van der Waals surface area contributed by atoms with Crippen LogP contribution in [-0.2, 0) is 17.9 Å². The van der Waals surface area contributed by atoms with Crippen LogP contribution in [-0.4, -0.2) is 35.0 Å². The highest BCUT2D eigenvalue weighted by Crippen LogP contribution is 2.13. The summed E-state index contributed by atoms with van der Waals surface area (Å²) in [7, 11) is 1.58. The second kappa shape index (κ2) is 8.29. The van der Waals surface area contributed by atoms with Crippen molar-refractivity contribution in [1.29, 1.82) is 0 Å². The Balaban J connectivity index is 1.77. The van der Waals surface area contributed by atoms with E-state index >= 15 is 0 Å². The van der Waals surface area contributed by atoms with E-state index in [2.05, 4.69) is 10.3 Å². The van der Waals surface area contributed by atoms with E-state index in [-0.39, 0.29) is 0 Å². The molecule has 2 aromatic rings. The van der Waals surface area contributed by atoms with E-state index in [1.165, 1.54) is 5.56 Å². The van der Waals surface area contributed by atoms with Gasteiger partial charge in [-0.15, -0.1) is 5.10 Å². The molecule has 0 amide bonds. The van der Waals surface area contributed by atoms with Crippen molar-refractivity contribution in [2.45, 2.75) is 32.9 Å². The zero-order valence-electron chi connectivity index (χ0n) is 13.0. The van der Waals surface area contributed by atoms with Gasteiger partial charge in [-0.2, -0.15) is 0 Å². The van der Waals surface area contributed by atoms with Crippen LogP contribution in [0, 0.1) is 6.92 Å². The molecule has 0 radical (unpaired) electrons. The van der Waals surface area contributed by atoms with Crippen LogP contribution in [0.2, 0.25) is 0 Å². The zero-order valence-corrected chi connectivity index (χ0v) is 13.0. The highest BCUT2D eigenvalue weighted by molar-refractivity contribution is 5.73. The molecule has 6 heteroatoms. The molecule has 1 heterocycles. The standard InChI is InChI=1S/C16H21N3O3/c1-13-6-5-7-14(10-13)22-9-4-3-8-19-16(12-21-2)15(11-20)17-18-19/h5-7,10-11H,3-4,8-9,12H2,1-2H3. The number of nitrogens with zero attached hydrogens (tertiary/aromatic N) is 3. The van der Waals surface area contributed by atoms with Crippen molar-refractivity contribution >= 4 is 6.29 Å². The first-order valence-electron chi connectivity index (χ1n) is 7.30. The Bertz CT molecular complexity index is 610. The molecule has 0 spiro atoms. The Kier molecular flexibility index (Phi) is 6.09. The lowest BCUT2D eigenvalue weighted by Crippen LogP contribution is -2.08.